The molecule has 116 valence electrons. The normalized spacial score (nSPS) is 19.5. The van der Waals surface area contributed by atoms with E-state index in [9.17, 15) is 4.79 Å². The zero-order chi connectivity index (χ0) is 14.9. The summed E-state index contributed by atoms with van der Waals surface area (Å²) in [6.45, 7) is 6.95. The van der Waals surface area contributed by atoms with Crippen LogP contribution >= 0.6 is 0 Å². The van der Waals surface area contributed by atoms with Gasteiger partial charge in [0.25, 0.3) is 5.91 Å². The number of nitrogens with zero attached hydrogens (tertiary/aromatic N) is 1. The van der Waals surface area contributed by atoms with Gasteiger partial charge in [-0.3, -0.25) is 9.89 Å². The highest BCUT2D eigenvalue weighted by atomic mass is 16.1. The van der Waals surface area contributed by atoms with Gasteiger partial charge in [0.1, 0.15) is 0 Å². The molecule has 2 aliphatic rings. The van der Waals surface area contributed by atoms with Gasteiger partial charge in [0, 0.05) is 37.3 Å². The van der Waals surface area contributed by atoms with Crippen LogP contribution in [0.2, 0.25) is 0 Å². The van der Waals surface area contributed by atoms with Crippen molar-refractivity contribution in [1.82, 2.24) is 20.8 Å². The molecule has 5 heteroatoms. The third-order valence-corrected chi connectivity index (χ3v) is 5.19. The monoisotopic (exact) mass is 290 g/mol. The van der Waals surface area contributed by atoms with Crippen LogP contribution in [-0.4, -0.2) is 29.2 Å². The highest BCUT2D eigenvalue weighted by Crippen LogP contribution is 2.39. The lowest BCUT2D eigenvalue weighted by molar-refractivity contribution is 0.0912. The van der Waals surface area contributed by atoms with E-state index in [0.29, 0.717) is 5.69 Å². The van der Waals surface area contributed by atoms with Crippen molar-refractivity contribution in [3.05, 3.63) is 17.0 Å². The van der Waals surface area contributed by atoms with Crippen LogP contribution in [0.15, 0.2) is 0 Å². The quantitative estimate of drug-likeness (QED) is 0.794. The summed E-state index contributed by atoms with van der Waals surface area (Å²) >= 11 is 0. The minimum absolute atomic E-state index is 0.0396. The van der Waals surface area contributed by atoms with E-state index in [1.165, 1.54) is 25.7 Å². The molecule has 1 aromatic heterocycles. The molecule has 0 unspecified atom stereocenters. The van der Waals surface area contributed by atoms with Gasteiger partial charge in [-0.15, -0.1) is 0 Å². The van der Waals surface area contributed by atoms with Crippen LogP contribution in [-0.2, 0) is 13.0 Å². The maximum atomic E-state index is 12.4. The van der Waals surface area contributed by atoms with E-state index < -0.39 is 0 Å². The van der Waals surface area contributed by atoms with Crippen LogP contribution in [0, 0.1) is 11.3 Å². The number of hydrogen-bond acceptors (Lipinski definition) is 3. The molecule has 0 bridgehead atoms. The van der Waals surface area contributed by atoms with Crippen molar-refractivity contribution in [3.63, 3.8) is 0 Å². The summed E-state index contributed by atoms with van der Waals surface area (Å²) in [4.78, 5) is 12.4. The van der Waals surface area contributed by atoms with Crippen molar-refractivity contribution in [2.24, 2.45) is 11.3 Å². The number of H-pyrrole nitrogens is 1. The van der Waals surface area contributed by atoms with Crippen molar-refractivity contribution in [2.75, 3.05) is 13.1 Å². The fourth-order valence-corrected chi connectivity index (χ4v) is 3.66. The lowest BCUT2D eigenvalue weighted by Gasteiger charge is -2.31. The number of fused-ring (bicyclic) bond motifs is 1. The van der Waals surface area contributed by atoms with Crippen molar-refractivity contribution >= 4 is 5.91 Å². The second-order valence-corrected chi connectivity index (χ2v) is 7.11. The molecular weight excluding hydrogens is 264 g/mol. The third-order valence-electron chi connectivity index (χ3n) is 5.19. The van der Waals surface area contributed by atoms with Crippen molar-refractivity contribution in [1.29, 1.82) is 0 Å². The van der Waals surface area contributed by atoms with Crippen LogP contribution in [0.25, 0.3) is 0 Å². The van der Waals surface area contributed by atoms with E-state index in [2.05, 4.69) is 34.7 Å². The number of aromatic nitrogens is 2. The Balaban J connectivity index is 1.62. The molecule has 0 aromatic carbocycles. The molecule has 1 amide bonds. The number of rotatable bonds is 4. The second kappa shape index (κ2) is 5.79. The van der Waals surface area contributed by atoms with Crippen LogP contribution in [0.1, 0.15) is 61.3 Å². The molecule has 1 aromatic rings. The molecule has 1 saturated carbocycles. The Morgan fingerprint density at radius 2 is 2.14 bits per heavy atom. The summed E-state index contributed by atoms with van der Waals surface area (Å²) < 4.78 is 0. The average molecular weight is 290 g/mol. The smallest absolute Gasteiger partial charge is 0.272 e. The third kappa shape index (κ3) is 2.98. The summed E-state index contributed by atoms with van der Waals surface area (Å²) in [5, 5.41) is 13.6. The summed E-state index contributed by atoms with van der Waals surface area (Å²) in [5.74, 6) is 0.690. The van der Waals surface area contributed by atoms with Crippen LogP contribution in [0.3, 0.4) is 0 Å². The van der Waals surface area contributed by atoms with Crippen LogP contribution in [0.5, 0.6) is 0 Å². The van der Waals surface area contributed by atoms with Gasteiger partial charge in [0.15, 0.2) is 5.69 Å². The minimum Gasteiger partial charge on any atom is -0.350 e. The van der Waals surface area contributed by atoms with Gasteiger partial charge >= 0.3 is 0 Å². The molecule has 21 heavy (non-hydrogen) atoms. The van der Waals surface area contributed by atoms with E-state index in [1.807, 2.05) is 0 Å². The maximum Gasteiger partial charge on any atom is 0.272 e. The molecule has 1 aliphatic heterocycles. The van der Waals surface area contributed by atoms with Gasteiger partial charge < -0.3 is 10.6 Å². The van der Waals surface area contributed by atoms with Crippen molar-refractivity contribution in [2.45, 2.75) is 52.5 Å². The lowest BCUT2D eigenvalue weighted by Crippen LogP contribution is -2.38. The van der Waals surface area contributed by atoms with E-state index in [0.717, 1.165) is 43.2 Å². The number of carbonyl (C=O) groups excluding carboxylic acids is 1. The number of aromatic amines is 1. The van der Waals surface area contributed by atoms with E-state index in [1.54, 1.807) is 0 Å². The molecule has 2 heterocycles. The Labute approximate surface area is 126 Å². The molecule has 1 fully saturated rings. The summed E-state index contributed by atoms with van der Waals surface area (Å²) in [6.07, 6.45) is 6.18. The lowest BCUT2D eigenvalue weighted by atomic mass is 9.77. The van der Waals surface area contributed by atoms with Gasteiger partial charge in [-0.05, 0) is 24.2 Å². The Morgan fingerprint density at radius 3 is 2.90 bits per heavy atom. The fourth-order valence-electron chi connectivity index (χ4n) is 3.66. The largest absolute Gasteiger partial charge is 0.350 e. The highest BCUT2D eigenvalue weighted by molar-refractivity contribution is 5.94. The average Bonchev–Trinajstić information content (AvgIpc) is 3.14. The van der Waals surface area contributed by atoms with Gasteiger partial charge in [-0.1, -0.05) is 26.7 Å². The van der Waals surface area contributed by atoms with Crippen LogP contribution in [0.4, 0.5) is 0 Å². The molecule has 0 spiro atoms. The predicted octanol–water partition coefficient (Wildman–Crippen LogP) is 2.00. The molecule has 3 rings (SSSR count). The first-order chi connectivity index (χ1) is 10.1. The van der Waals surface area contributed by atoms with Crippen molar-refractivity contribution < 1.29 is 4.79 Å². The minimum atomic E-state index is -0.0396. The topological polar surface area (TPSA) is 69.8 Å². The first-order valence-electron chi connectivity index (χ1n) is 8.13. The Kier molecular flexibility index (Phi) is 4.02. The molecule has 5 nitrogen and oxygen atoms in total. The SMILES string of the molecule is CC(C)(CNC(=O)c1n[nH]c2c1CNCC2)C1CCCC1. The maximum absolute atomic E-state index is 12.4. The standard InChI is InChI=1S/C16H26N4O/c1-16(2,11-5-3-4-6-11)10-18-15(21)14-12-9-17-8-7-13(12)19-20-14/h11,17H,3-10H2,1-2H3,(H,18,21)(H,19,20). The van der Waals surface area contributed by atoms with Gasteiger partial charge in [-0.2, -0.15) is 5.10 Å². The number of carbonyl (C=O) groups is 1. The number of nitrogens with one attached hydrogen (secondary N) is 3. The fraction of sp³-hybridized carbons (Fsp3) is 0.750. The Hall–Kier alpha value is -1.36. The summed E-state index contributed by atoms with van der Waals surface area (Å²) in [5.41, 5.74) is 2.88. The first-order valence-corrected chi connectivity index (χ1v) is 8.13. The van der Waals surface area contributed by atoms with E-state index >= 15 is 0 Å². The molecular formula is C16H26N4O. The number of hydrogen-bond donors (Lipinski definition) is 3. The predicted molar refractivity (Wildman–Crippen MR) is 82.1 cm³/mol. The highest BCUT2D eigenvalue weighted by Gasteiger charge is 2.32. The molecule has 0 radical (unpaired) electrons. The van der Waals surface area contributed by atoms with Gasteiger partial charge in [0.2, 0.25) is 0 Å². The van der Waals surface area contributed by atoms with E-state index in [-0.39, 0.29) is 11.3 Å². The number of amides is 1. The molecule has 0 atom stereocenters. The van der Waals surface area contributed by atoms with E-state index in [4.69, 9.17) is 0 Å². The second-order valence-electron chi connectivity index (χ2n) is 7.11. The molecule has 0 saturated heterocycles. The molecule has 3 N–H and O–H groups in total. The van der Waals surface area contributed by atoms with Gasteiger partial charge in [-0.25, -0.2) is 0 Å². The summed E-state index contributed by atoms with van der Waals surface area (Å²) in [7, 11) is 0. The van der Waals surface area contributed by atoms with Gasteiger partial charge in [0.05, 0.1) is 0 Å². The zero-order valence-corrected chi connectivity index (χ0v) is 13.1. The van der Waals surface area contributed by atoms with Crippen molar-refractivity contribution in [3.8, 4) is 0 Å². The molecule has 1 aliphatic carbocycles. The zero-order valence-electron chi connectivity index (χ0n) is 13.1. The van der Waals surface area contributed by atoms with Crippen LogP contribution < -0.4 is 10.6 Å². The Morgan fingerprint density at radius 1 is 1.38 bits per heavy atom. The first kappa shape index (κ1) is 14.6. The Bertz CT molecular complexity index is 514. The summed E-state index contributed by atoms with van der Waals surface area (Å²) in [6, 6.07) is 0.